The lowest BCUT2D eigenvalue weighted by Crippen LogP contribution is -2.09. The third kappa shape index (κ3) is 3.72. The fourth-order valence-corrected chi connectivity index (χ4v) is 3.94. The number of rotatable bonds is 5. The second-order valence-corrected chi connectivity index (χ2v) is 6.59. The van der Waals surface area contributed by atoms with E-state index in [1.807, 2.05) is 7.05 Å². The number of benzene rings is 1. The Labute approximate surface area is 126 Å². The molecule has 18 heavy (non-hydrogen) atoms. The zero-order valence-corrected chi connectivity index (χ0v) is 13.8. The summed E-state index contributed by atoms with van der Waals surface area (Å²) in [6.45, 7) is 1.70. The minimum Gasteiger partial charge on any atom is -0.491 e. The molecule has 100 valence electrons. The molecule has 4 heteroatoms. The molecule has 0 saturated heterocycles. The third-order valence-corrected chi connectivity index (χ3v) is 4.56. The van der Waals surface area contributed by atoms with Crippen LogP contribution in [0.4, 0.5) is 0 Å². The minimum absolute atomic E-state index is 0.737. The first-order valence-corrected chi connectivity index (χ1v) is 8.04. The van der Waals surface area contributed by atoms with Gasteiger partial charge in [0.25, 0.3) is 0 Å². The average molecular weight is 377 g/mol. The van der Waals surface area contributed by atoms with Gasteiger partial charge in [0, 0.05) is 6.54 Å². The lowest BCUT2D eigenvalue weighted by Gasteiger charge is -2.15. The maximum Gasteiger partial charge on any atom is 0.147 e. The normalized spacial score (nSPS) is 16.2. The molecule has 0 amide bonds. The van der Waals surface area contributed by atoms with E-state index in [-0.39, 0.29) is 0 Å². The van der Waals surface area contributed by atoms with Crippen molar-refractivity contribution in [3.63, 3.8) is 0 Å². The van der Waals surface area contributed by atoms with Crippen LogP contribution in [0.1, 0.15) is 31.2 Å². The predicted molar refractivity (Wildman–Crippen MR) is 82.1 cm³/mol. The van der Waals surface area contributed by atoms with Crippen LogP contribution in [0, 0.1) is 5.92 Å². The van der Waals surface area contributed by atoms with Gasteiger partial charge in [0.05, 0.1) is 15.6 Å². The molecule has 2 rings (SSSR count). The Hall–Kier alpha value is -0.0600. The molecule has 1 aromatic carbocycles. The highest BCUT2D eigenvalue weighted by Crippen LogP contribution is 2.36. The molecule has 0 aromatic heterocycles. The van der Waals surface area contributed by atoms with Crippen LogP contribution >= 0.6 is 31.9 Å². The van der Waals surface area contributed by atoms with Crippen molar-refractivity contribution in [3.05, 3.63) is 26.6 Å². The number of halogens is 2. The summed E-state index contributed by atoms with van der Waals surface area (Å²) in [5, 5.41) is 3.15. The van der Waals surface area contributed by atoms with E-state index in [1.165, 1.54) is 31.2 Å². The molecule has 1 N–H and O–H groups in total. The number of ether oxygens (including phenoxy) is 1. The second kappa shape index (κ2) is 6.92. The van der Waals surface area contributed by atoms with E-state index in [4.69, 9.17) is 4.74 Å². The first-order valence-electron chi connectivity index (χ1n) is 6.46. The van der Waals surface area contributed by atoms with Crippen LogP contribution in [0.2, 0.25) is 0 Å². The maximum atomic E-state index is 5.97. The first kappa shape index (κ1) is 14.4. The average Bonchev–Trinajstić information content (AvgIpc) is 2.81. The van der Waals surface area contributed by atoms with Crippen LogP contribution in [0.5, 0.6) is 5.75 Å². The van der Waals surface area contributed by atoms with Crippen molar-refractivity contribution in [2.75, 3.05) is 13.7 Å². The van der Waals surface area contributed by atoms with Gasteiger partial charge in [-0.3, -0.25) is 0 Å². The Bertz CT molecular complexity index is 380. The Morgan fingerprint density at radius 1 is 1.22 bits per heavy atom. The van der Waals surface area contributed by atoms with E-state index in [0.29, 0.717) is 0 Å². The molecule has 0 atom stereocenters. The standard InChI is InChI=1S/C14H19Br2NO/c1-17-8-11-6-12(15)14(13(16)7-11)18-9-10-4-2-3-5-10/h6-7,10,17H,2-5,8-9H2,1H3. The topological polar surface area (TPSA) is 21.3 Å². The fourth-order valence-electron chi connectivity index (χ4n) is 2.43. The second-order valence-electron chi connectivity index (χ2n) is 4.88. The summed E-state index contributed by atoms with van der Waals surface area (Å²) in [7, 11) is 1.95. The summed E-state index contributed by atoms with van der Waals surface area (Å²) in [5.74, 6) is 1.67. The molecule has 0 aliphatic heterocycles. The van der Waals surface area contributed by atoms with E-state index in [0.717, 1.165) is 33.8 Å². The molecule has 0 radical (unpaired) electrons. The van der Waals surface area contributed by atoms with Crippen LogP contribution in [-0.4, -0.2) is 13.7 Å². The van der Waals surface area contributed by atoms with Crippen molar-refractivity contribution < 1.29 is 4.74 Å². The van der Waals surface area contributed by atoms with E-state index < -0.39 is 0 Å². The van der Waals surface area contributed by atoms with E-state index >= 15 is 0 Å². The quantitative estimate of drug-likeness (QED) is 0.816. The minimum atomic E-state index is 0.737. The molecule has 0 unspecified atom stereocenters. The first-order chi connectivity index (χ1) is 8.70. The molecule has 1 fully saturated rings. The SMILES string of the molecule is CNCc1cc(Br)c(OCC2CCCC2)c(Br)c1. The number of hydrogen-bond donors (Lipinski definition) is 1. The van der Waals surface area contributed by atoms with Gasteiger partial charge in [0.15, 0.2) is 0 Å². The van der Waals surface area contributed by atoms with Crippen molar-refractivity contribution in [1.29, 1.82) is 0 Å². The van der Waals surface area contributed by atoms with E-state index in [9.17, 15) is 0 Å². The summed E-state index contributed by atoms with van der Waals surface area (Å²) in [4.78, 5) is 0. The molecule has 2 nitrogen and oxygen atoms in total. The molecule has 1 aromatic rings. The van der Waals surface area contributed by atoms with Gasteiger partial charge >= 0.3 is 0 Å². The number of nitrogens with one attached hydrogen (secondary N) is 1. The predicted octanol–water partition coefficient (Wildman–Crippen LogP) is 4.50. The van der Waals surface area contributed by atoms with Gasteiger partial charge in [0.2, 0.25) is 0 Å². The summed E-state index contributed by atoms with van der Waals surface area (Å²) >= 11 is 7.19. The van der Waals surface area contributed by atoms with Gasteiger partial charge in [-0.2, -0.15) is 0 Å². The number of hydrogen-bond acceptors (Lipinski definition) is 2. The zero-order valence-electron chi connectivity index (χ0n) is 10.6. The fraction of sp³-hybridized carbons (Fsp3) is 0.571. The molecule has 0 heterocycles. The Morgan fingerprint density at radius 2 is 1.83 bits per heavy atom. The zero-order chi connectivity index (χ0) is 13.0. The lowest BCUT2D eigenvalue weighted by molar-refractivity contribution is 0.249. The summed E-state index contributed by atoms with van der Waals surface area (Å²) < 4.78 is 8.03. The monoisotopic (exact) mass is 375 g/mol. The largest absolute Gasteiger partial charge is 0.491 e. The third-order valence-electron chi connectivity index (χ3n) is 3.38. The Kier molecular flexibility index (Phi) is 5.52. The van der Waals surface area contributed by atoms with Gasteiger partial charge < -0.3 is 10.1 Å². The summed E-state index contributed by atoms with van der Waals surface area (Å²) in [6.07, 6.45) is 5.34. The van der Waals surface area contributed by atoms with E-state index in [1.54, 1.807) is 0 Å². The van der Waals surface area contributed by atoms with Crippen molar-refractivity contribution in [2.24, 2.45) is 5.92 Å². The molecular formula is C14H19Br2NO. The van der Waals surface area contributed by atoms with Crippen molar-refractivity contribution in [1.82, 2.24) is 5.32 Å². The Balaban J connectivity index is 2.02. The Morgan fingerprint density at radius 3 is 2.39 bits per heavy atom. The van der Waals surface area contributed by atoms with Crippen molar-refractivity contribution in [2.45, 2.75) is 32.2 Å². The smallest absolute Gasteiger partial charge is 0.147 e. The lowest BCUT2D eigenvalue weighted by atomic mass is 10.1. The summed E-state index contributed by atoms with van der Waals surface area (Å²) in [6, 6.07) is 4.23. The van der Waals surface area contributed by atoms with Gasteiger partial charge in [-0.25, -0.2) is 0 Å². The van der Waals surface area contributed by atoms with E-state index in [2.05, 4.69) is 49.3 Å². The molecule has 1 aliphatic carbocycles. The maximum absolute atomic E-state index is 5.97. The molecule has 1 aliphatic rings. The summed E-state index contributed by atoms with van der Waals surface area (Å²) in [5.41, 5.74) is 1.24. The van der Waals surface area contributed by atoms with Crippen LogP contribution in [-0.2, 0) is 6.54 Å². The van der Waals surface area contributed by atoms with Gasteiger partial charge in [-0.1, -0.05) is 12.8 Å². The molecular weight excluding hydrogens is 358 g/mol. The molecule has 1 saturated carbocycles. The highest BCUT2D eigenvalue weighted by Gasteiger charge is 2.17. The highest BCUT2D eigenvalue weighted by atomic mass is 79.9. The van der Waals surface area contributed by atoms with Gasteiger partial charge in [-0.05, 0) is 75.4 Å². The molecule has 0 spiro atoms. The van der Waals surface area contributed by atoms with Crippen molar-refractivity contribution in [3.8, 4) is 5.75 Å². The van der Waals surface area contributed by atoms with Crippen LogP contribution in [0.3, 0.4) is 0 Å². The highest BCUT2D eigenvalue weighted by molar-refractivity contribution is 9.11. The van der Waals surface area contributed by atoms with Crippen LogP contribution < -0.4 is 10.1 Å². The van der Waals surface area contributed by atoms with Crippen LogP contribution in [0.15, 0.2) is 21.1 Å². The molecule has 0 bridgehead atoms. The van der Waals surface area contributed by atoms with Crippen LogP contribution in [0.25, 0.3) is 0 Å². The van der Waals surface area contributed by atoms with Gasteiger partial charge in [0.1, 0.15) is 5.75 Å². The van der Waals surface area contributed by atoms with Gasteiger partial charge in [-0.15, -0.1) is 0 Å². The van der Waals surface area contributed by atoms with Crippen molar-refractivity contribution >= 4 is 31.9 Å².